The number of imide groups is 1. The maximum absolute atomic E-state index is 14.5. The lowest BCUT2D eigenvalue weighted by Crippen LogP contribution is -2.44. The molecule has 3 atom stereocenters. The summed E-state index contributed by atoms with van der Waals surface area (Å²) in [5.74, 6) is -0.534. The fourth-order valence-electron chi connectivity index (χ4n) is 6.94. The molecule has 9 nitrogen and oxygen atoms in total. The second-order valence-electron chi connectivity index (χ2n) is 12.0. The second-order valence-corrected chi connectivity index (χ2v) is 12.0. The van der Waals surface area contributed by atoms with Crippen molar-refractivity contribution in [1.29, 1.82) is 0 Å². The Kier molecular flexibility index (Phi) is 7.78. The molecule has 0 aliphatic carbocycles. The standard InChI is InChI=1S/C37H36N4O5/c1-5-40-31-17-16-28(23(3)35(31)38-39-40)33(34-30-9-7-6-8-29(30)32-21-46-37(43)41(32)36(34)42)25-13-10-22(2)26(18-25)20-45-19-24-11-14-27(44-4)15-12-24/h6-18,32-34H,5,19-21H2,1-4H3/t32-,33-,34+/m0/s1. The Morgan fingerprint density at radius 3 is 2.50 bits per heavy atom. The molecular weight excluding hydrogens is 580 g/mol. The van der Waals surface area contributed by atoms with Crippen molar-refractivity contribution in [3.63, 3.8) is 0 Å². The highest BCUT2D eigenvalue weighted by atomic mass is 16.6. The van der Waals surface area contributed by atoms with Crippen LogP contribution in [0.2, 0.25) is 0 Å². The molecular formula is C37H36N4O5. The molecule has 3 heterocycles. The number of ether oxygens (including phenoxy) is 3. The monoisotopic (exact) mass is 616 g/mol. The zero-order valence-corrected chi connectivity index (χ0v) is 26.4. The number of aryl methyl sites for hydroxylation is 3. The Labute approximate surface area is 267 Å². The normalized spacial score (nSPS) is 18.0. The van der Waals surface area contributed by atoms with Crippen molar-refractivity contribution in [1.82, 2.24) is 19.9 Å². The Balaban J connectivity index is 1.33. The largest absolute Gasteiger partial charge is 0.497 e. The molecule has 1 fully saturated rings. The van der Waals surface area contributed by atoms with E-state index in [1.165, 1.54) is 4.90 Å². The number of hydrogen-bond donors (Lipinski definition) is 0. The summed E-state index contributed by atoms with van der Waals surface area (Å²) in [5.41, 5.74) is 9.63. The van der Waals surface area contributed by atoms with Gasteiger partial charge in [0, 0.05) is 12.5 Å². The zero-order chi connectivity index (χ0) is 31.9. The van der Waals surface area contributed by atoms with Crippen LogP contribution < -0.4 is 4.74 Å². The van der Waals surface area contributed by atoms with E-state index < -0.39 is 24.0 Å². The van der Waals surface area contributed by atoms with Crippen LogP contribution in [-0.2, 0) is 34.0 Å². The summed E-state index contributed by atoms with van der Waals surface area (Å²) in [5, 5.41) is 8.89. The van der Waals surface area contributed by atoms with Gasteiger partial charge >= 0.3 is 6.09 Å². The summed E-state index contributed by atoms with van der Waals surface area (Å²) in [4.78, 5) is 28.7. The molecule has 1 aromatic heterocycles. The van der Waals surface area contributed by atoms with E-state index in [4.69, 9.17) is 14.2 Å². The van der Waals surface area contributed by atoms with Crippen LogP contribution in [-0.4, -0.2) is 45.6 Å². The molecule has 1 saturated heterocycles. The molecule has 2 amide bonds. The van der Waals surface area contributed by atoms with Gasteiger partial charge in [-0.1, -0.05) is 65.9 Å². The molecule has 234 valence electrons. The summed E-state index contributed by atoms with van der Waals surface area (Å²) >= 11 is 0. The van der Waals surface area contributed by atoms with Gasteiger partial charge in [-0.05, 0) is 83.5 Å². The van der Waals surface area contributed by atoms with Crippen LogP contribution in [0.25, 0.3) is 11.0 Å². The van der Waals surface area contributed by atoms with E-state index in [0.29, 0.717) is 19.8 Å². The summed E-state index contributed by atoms with van der Waals surface area (Å²) in [7, 11) is 1.65. The number of aromatic nitrogens is 3. The molecule has 2 aliphatic rings. The van der Waals surface area contributed by atoms with Crippen LogP contribution in [0.4, 0.5) is 4.79 Å². The van der Waals surface area contributed by atoms with Gasteiger partial charge in [-0.25, -0.2) is 14.4 Å². The predicted octanol–water partition coefficient (Wildman–Crippen LogP) is 6.74. The highest BCUT2D eigenvalue weighted by molar-refractivity contribution is 6.00. The summed E-state index contributed by atoms with van der Waals surface area (Å²) in [6, 6.07) is 25.8. The van der Waals surface area contributed by atoms with Gasteiger partial charge in [0.15, 0.2) is 0 Å². The van der Waals surface area contributed by atoms with Crippen LogP contribution in [0, 0.1) is 13.8 Å². The quantitative estimate of drug-likeness (QED) is 0.181. The molecule has 0 spiro atoms. The maximum atomic E-state index is 14.5. The van der Waals surface area contributed by atoms with Gasteiger partial charge in [-0.2, -0.15) is 0 Å². The van der Waals surface area contributed by atoms with Crippen LogP contribution in [0.1, 0.15) is 69.3 Å². The van der Waals surface area contributed by atoms with Crippen LogP contribution in [0.5, 0.6) is 5.75 Å². The number of cyclic esters (lactones) is 1. The molecule has 9 heteroatoms. The highest BCUT2D eigenvalue weighted by Gasteiger charge is 2.50. The first-order valence-corrected chi connectivity index (χ1v) is 15.6. The molecule has 0 saturated carbocycles. The number of rotatable bonds is 9. The minimum absolute atomic E-state index is 0.157. The summed E-state index contributed by atoms with van der Waals surface area (Å²) in [6.07, 6.45) is -0.595. The zero-order valence-electron chi connectivity index (χ0n) is 26.4. The molecule has 5 aromatic rings. The van der Waals surface area contributed by atoms with Crippen molar-refractivity contribution in [2.75, 3.05) is 13.7 Å². The maximum Gasteiger partial charge on any atom is 0.417 e. The number of carbonyl (C=O) groups is 2. The van der Waals surface area contributed by atoms with Gasteiger partial charge in [0.25, 0.3) is 0 Å². The minimum Gasteiger partial charge on any atom is -0.497 e. The smallest absolute Gasteiger partial charge is 0.417 e. The Hall–Kier alpha value is -5.02. The number of methoxy groups -OCH3 is 1. The van der Waals surface area contributed by atoms with Gasteiger partial charge in [-0.3, -0.25) is 4.79 Å². The average molecular weight is 617 g/mol. The van der Waals surface area contributed by atoms with E-state index in [0.717, 1.165) is 61.3 Å². The van der Waals surface area contributed by atoms with Crippen LogP contribution in [0.3, 0.4) is 0 Å². The first-order valence-electron chi connectivity index (χ1n) is 15.6. The minimum atomic E-state index is -0.661. The summed E-state index contributed by atoms with van der Waals surface area (Å²) < 4.78 is 18.8. The Morgan fingerprint density at radius 1 is 0.957 bits per heavy atom. The Bertz CT molecular complexity index is 1950. The van der Waals surface area contributed by atoms with Gasteiger partial charge in [0.05, 0.1) is 31.8 Å². The van der Waals surface area contributed by atoms with E-state index >= 15 is 0 Å². The number of fused-ring (bicyclic) bond motifs is 4. The number of amides is 2. The van der Waals surface area contributed by atoms with Crippen molar-refractivity contribution in [3.8, 4) is 5.75 Å². The van der Waals surface area contributed by atoms with Gasteiger partial charge in [0.1, 0.15) is 23.9 Å². The SMILES string of the molecule is CCn1nnc2c(C)c([C@H](c3ccc(C)c(COCc4ccc(OC)cc4)c3)[C@@H]3C(=O)N4C(=O)OC[C@H]4c4ccccc43)ccc21. The molecule has 46 heavy (non-hydrogen) atoms. The fourth-order valence-corrected chi connectivity index (χ4v) is 6.94. The first kappa shape index (κ1) is 29.7. The first-order chi connectivity index (χ1) is 22.4. The van der Waals surface area contributed by atoms with Gasteiger partial charge in [0.2, 0.25) is 5.91 Å². The number of carbonyl (C=O) groups excluding carboxylic acids is 2. The lowest BCUT2D eigenvalue weighted by Gasteiger charge is -2.38. The van der Waals surface area contributed by atoms with E-state index in [9.17, 15) is 9.59 Å². The Morgan fingerprint density at radius 2 is 1.74 bits per heavy atom. The van der Waals surface area contributed by atoms with Crippen molar-refractivity contribution >= 4 is 23.0 Å². The molecule has 2 aliphatic heterocycles. The van der Waals surface area contributed by atoms with Crippen molar-refractivity contribution in [2.24, 2.45) is 0 Å². The van der Waals surface area contributed by atoms with Gasteiger partial charge < -0.3 is 14.2 Å². The fraction of sp³-hybridized carbons (Fsp3) is 0.297. The number of hydrogen-bond acceptors (Lipinski definition) is 7. The average Bonchev–Trinajstić information content (AvgIpc) is 3.69. The molecule has 0 unspecified atom stereocenters. The molecule has 4 aromatic carbocycles. The molecule has 0 bridgehead atoms. The second kappa shape index (κ2) is 12.1. The summed E-state index contributed by atoms with van der Waals surface area (Å²) in [6.45, 7) is 7.85. The molecule has 0 N–H and O–H groups in total. The lowest BCUT2D eigenvalue weighted by molar-refractivity contribution is -0.132. The van der Waals surface area contributed by atoms with E-state index in [1.807, 2.05) is 73.1 Å². The highest BCUT2D eigenvalue weighted by Crippen LogP contribution is 2.49. The lowest BCUT2D eigenvalue weighted by atomic mass is 9.71. The van der Waals surface area contributed by atoms with E-state index in [2.05, 4.69) is 41.5 Å². The third kappa shape index (κ3) is 5.01. The van der Waals surface area contributed by atoms with Crippen LogP contribution in [0.15, 0.2) is 78.9 Å². The van der Waals surface area contributed by atoms with Crippen molar-refractivity contribution < 1.29 is 23.8 Å². The van der Waals surface area contributed by atoms with Crippen LogP contribution >= 0.6 is 0 Å². The van der Waals surface area contributed by atoms with E-state index in [-0.39, 0.29) is 12.5 Å². The van der Waals surface area contributed by atoms with E-state index in [1.54, 1.807) is 7.11 Å². The molecule has 0 radical (unpaired) electrons. The van der Waals surface area contributed by atoms with Crippen molar-refractivity contribution in [3.05, 3.63) is 123 Å². The number of nitrogens with zero attached hydrogens (tertiary/aromatic N) is 4. The third-order valence-electron chi connectivity index (χ3n) is 9.43. The van der Waals surface area contributed by atoms with Gasteiger partial charge in [-0.15, -0.1) is 5.10 Å². The topological polar surface area (TPSA) is 95.8 Å². The van der Waals surface area contributed by atoms with Crippen molar-refractivity contribution in [2.45, 2.75) is 58.4 Å². The predicted molar refractivity (Wildman–Crippen MR) is 173 cm³/mol. The number of benzene rings is 4. The third-order valence-corrected chi connectivity index (χ3v) is 9.43. The molecule has 7 rings (SSSR count).